The summed E-state index contributed by atoms with van der Waals surface area (Å²) in [6.45, 7) is 3.24. The van der Waals surface area contributed by atoms with Gasteiger partial charge in [0.25, 0.3) is 0 Å². The predicted molar refractivity (Wildman–Crippen MR) is 117 cm³/mol. The molecule has 0 spiro atoms. The number of nitrogens with two attached hydrogens (primary N) is 1. The summed E-state index contributed by atoms with van der Waals surface area (Å²) < 4.78 is 0. The summed E-state index contributed by atoms with van der Waals surface area (Å²) in [5.74, 6) is 0. The highest BCUT2D eigenvalue weighted by Crippen LogP contribution is 2.23. The van der Waals surface area contributed by atoms with Gasteiger partial charge >= 0.3 is 0 Å². The van der Waals surface area contributed by atoms with Crippen LogP contribution >= 0.6 is 23.4 Å². The molecular weight excluding hydrogens is 372 g/mol. The molecule has 4 heteroatoms. The van der Waals surface area contributed by atoms with Crippen molar-refractivity contribution in [1.82, 2.24) is 4.90 Å². The number of halogens is 1. The molecule has 0 bridgehead atoms. The standard InChI is InChI=1S/C23H25ClN2S/c1-27-23-5-3-2-4-21(23)17-26(16-20-10-12-22(24)13-11-20)15-19-8-6-18(14-25)7-9-19/h2-13H,14-17,25H2,1H3. The topological polar surface area (TPSA) is 29.3 Å². The van der Waals surface area contributed by atoms with Gasteiger partial charge in [-0.1, -0.05) is 66.2 Å². The maximum Gasteiger partial charge on any atom is 0.0406 e. The predicted octanol–water partition coefficient (Wildman–Crippen LogP) is 5.72. The van der Waals surface area contributed by atoms with Gasteiger partial charge in [-0.05, 0) is 46.7 Å². The van der Waals surface area contributed by atoms with E-state index in [1.54, 1.807) is 11.8 Å². The zero-order valence-electron chi connectivity index (χ0n) is 15.6. The quantitative estimate of drug-likeness (QED) is 0.493. The van der Waals surface area contributed by atoms with Crippen LogP contribution in [0.1, 0.15) is 22.3 Å². The maximum absolute atomic E-state index is 6.05. The first-order chi connectivity index (χ1) is 13.2. The minimum atomic E-state index is 0.579. The molecule has 27 heavy (non-hydrogen) atoms. The van der Waals surface area contributed by atoms with Crippen molar-refractivity contribution in [3.8, 4) is 0 Å². The monoisotopic (exact) mass is 396 g/mol. The Bertz CT molecular complexity index is 847. The van der Waals surface area contributed by atoms with E-state index < -0.39 is 0 Å². The highest BCUT2D eigenvalue weighted by Gasteiger charge is 2.11. The molecule has 0 unspecified atom stereocenters. The summed E-state index contributed by atoms with van der Waals surface area (Å²) in [7, 11) is 0. The summed E-state index contributed by atoms with van der Waals surface area (Å²) in [6.07, 6.45) is 2.13. The molecule has 0 saturated carbocycles. The highest BCUT2D eigenvalue weighted by atomic mass is 35.5. The molecule has 3 rings (SSSR count). The minimum Gasteiger partial charge on any atom is -0.326 e. The van der Waals surface area contributed by atoms with E-state index in [2.05, 4.69) is 71.8 Å². The summed E-state index contributed by atoms with van der Waals surface area (Å²) in [6, 6.07) is 25.3. The Morgan fingerprint density at radius 3 is 1.93 bits per heavy atom. The van der Waals surface area contributed by atoms with Gasteiger partial charge in [0.1, 0.15) is 0 Å². The molecule has 0 aliphatic heterocycles. The number of hydrogen-bond donors (Lipinski definition) is 1. The highest BCUT2D eigenvalue weighted by molar-refractivity contribution is 7.98. The second-order valence-corrected chi connectivity index (χ2v) is 7.89. The maximum atomic E-state index is 6.05. The molecule has 140 valence electrons. The van der Waals surface area contributed by atoms with Crippen molar-refractivity contribution in [2.75, 3.05) is 6.26 Å². The van der Waals surface area contributed by atoms with Crippen LogP contribution in [0.25, 0.3) is 0 Å². The Balaban J connectivity index is 1.81. The van der Waals surface area contributed by atoms with E-state index >= 15 is 0 Å². The molecule has 2 nitrogen and oxygen atoms in total. The normalized spacial score (nSPS) is 11.1. The van der Waals surface area contributed by atoms with Crippen LogP contribution in [0, 0.1) is 0 Å². The minimum absolute atomic E-state index is 0.579. The van der Waals surface area contributed by atoms with Crippen LogP contribution in [-0.2, 0) is 26.2 Å². The Labute approximate surface area is 171 Å². The lowest BCUT2D eigenvalue weighted by atomic mass is 10.1. The van der Waals surface area contributed by atoms with Crippen molar-refractivity contribution in [1.29, 1.82) is 0 Å². The molecule has 0 saturated heterocycles. The molecule has 0 radical (unpaired) electrons. The lowest BCUT2D eigenvalue weighted by Crippen LogP contribution is -2.22. The molecule has 3 aromatic carbocycles. The molecular formula is C23H25ClN2S. The smallest absolute Gasteiger partial charge is 0.0406 e. The summed E-state index contributed by atoms with van der Waals surface area (Å²) in [5, 5.41) is 0.774. The third-order valence-corrected chi connectivity index (χ3v) is 5.66. The second kappa shape index (κ2) is 9.95. The molecule has 2 N–H and O–H groups in total. The first-order valence-electron chi connectivity index (χ1n) is 9.04. The Morgan fingerprint density at radius 2 is 1.33 bits per heavy atom. The fourth-order valence-electron chi connectivity index (χ4n) is 3.13. The third kappa shape index (κ3) is 5.85. The van der Waals surface area contributed by atoms with E-state index in [-0.39, 0.29) is 0 Å². The van der Waals surface area contributed by atoms with Crippen molar-refractivity contribution in [2.45, 2.75) is 31.1 Å². The molecule has 0 aliphatic carbocycles. The van der Waals surface area contributed by atoms with Crippen molar-refractivity contribution >= 4 is 23.4 Å². The lowest BCUT2D eigenvalue weighted by Gasteiger charge is -2.24. The van der Waals surface area contributed by atoms with Crippen molar-refractivity contribution in [2.24, 2.45) is 5.73 Å². The Morgan fingerprint density at radius 1 is 0.778 bits per heavy atom. The van der Waals surface area contributed by atoms with Crippen molar-refractivity contribution in [3.05, 3.63) is 100 Å². The van der Waals surface area contributed by atoms with Crippen LogP contribution in [0.2, 0.25) is 5.02 Å². The molecule has 0 atom stereocenters. The number of rotatable bonds is 8. The van der Waals surface area contributed by atoms with E-state index in [1.807, 2.05) is 12.1 Å². The van der Waals surface area contributed by atoms with Gasteiger partial charge in [-0.15, -0.1) is 11.8 Å². The van der Waals surface area contributed by atoms with Gasteiger partial charge in [0.2, 0.25) is 0 Å². The molecule has 0 heterocycles. The van der Waals surface area contributed by atoms with Crippen LogP contribution < -0.4 is 5.73 Å². The molecule has 3 aromatic rings. The summed E-state index contributed by atoms with van der Waals surface area (Å²) in [4.78, 5) is 3.80. The van der Waals surface area contributed by atoms with Gasteiger partial charge in [0.05, 0.1) is 0 Å². The van der Waals surface area contributed by atoms with Crippen LogP contribution in [0.3, 0.4) is 0 Å². The van der Waals surface area contributed by atoms with Crippen LogP contribution in [0.5, 0.6) is 0 Å². The van der Waals surface area contributed by atoms with E-state index in [0.717, 1.165) is 30.2 Å². The largest absolute Gasteiger partial charge is 0.326 e. The van der Waals surface area contributed by atoms with Gasteiger partial charge in [0, 0.05) is 36.1 Å². The zero-order valence-corrected chi connectivity index (χ0v) is 17.1. The SMILES string of the molecule is CSc1ccccc1CN(Cc1ccc(Cl)cc1)Cc1ccc(CN)cc1. The van der Waals surface area contributed by atoms with Crippen molar-refractivity contribution < 1.29 is 0 Å². The van der Waals surface area contributed by atoms with Gasteiger partial charge in [-0.25, -0.2) is 0 Å². The number of benzene rings is 3. The van der Waals surface area contributed by atoms with E-state index in [9.17, 15) is 0 Å². The Hall–Kier alpha value is -1.78. The van der Waals surface area contributed by atoms with Crippen LogP contribution in [-0.4, -0.2) is 11.2 Å². The second-order valence-electron chi connectivity index (χ2n) is 6.60. The number of thioether (sulfide) groups is 1. The van der Waals surface area contributed by atoms with E-state index in [1.165, 1.54) is 21.6 Å². The number of nitrogens with zero attached hydrogens (tertiary/aromatic N) is 1. The van der Waals surface area contributed by atoms with Crippen LogP contribution in [0.4, 0.5) is 0 Å². The average Bonchev–Trinajstić information content (AvgIpc) is 2.70. The first kappa shape index (κ1) is 20.0. The summed E-state index contributed by atoms with van der Waals surface area (Å²) in [5.41, 5.74) is 10.8. The van der Waals surface area contributed by atoms with Gasteiger partial charge < -0.3 is 5.73 Å². The van der Waals surface area contributed by atoms with Gasteiger partial charge in [-0.2, -0.15) is 0 Å². The van der Waals surface area contributed by atoms with Crippen LogP contribution in [0.15, 0.2) is 77.7 Å². The zero-order chi connectivity index (χ0) is 19.1. The van der Waals surface area contributed by atoms with Crippen molar-refractivity contribution in [3.63, 3.8) is 0 Å². The third-order valence-electron chi connectivity index (χ3n) is 4.57. The van der Waals surface area contributed by atoms with Gasteiger partial charge in [-0.3, -0.25) is 4.90 Å². The molecule has 0 aliphatic rings. The molecule has 0 fully saturated rings. The molecule has 0 aromatic heterocycles. The average molecular weight is 397 g/mol. The van der Waals surface area contributed by atoms with E-state index in [0.29, 0.717) is 6.54 Å². The molecule has 0 amide bonds. The van der Waals surface area contributed by atoms with E-state index in [4.69, 9.17) is 17.3 Å². The Kier molecular flexibility index (Phi) is 7.36. The first-order valence-corrected chi connectivity index (χ1v) is 10.6. The lowest BCUT2D eigenvalue weighted by molar-refractivity contribution is 0.246. The summed E-state index contributed by atoms with van der Waals surface area (Å²) >= 11 is 7.85. The fraction of sp³-hybridized carbons (Fsp3) is 0.217. The van der Waals surface area contributed by atoms with Gasteiger partial charge in [0.15, 0.2) is 0 Å². The number of hydrogen-bond acceptors (Lipinski definition) is 3. The fourth-order valence-corrected chi connectivity index (χ4v) is 3.86.